The molecule has 0 saturated carbocycles. The lowest BCUT2D eigenvalue weighted by Crippen LogP contribution is -2.16. The van der Waals surface area contributed by atoms with Crippen molar-refractivity contribution in [3.8, 4) is 50.2 Å². The van der Waals surface area contributed by atoms with Crippen LogP contribution in [0.2, 0.25) is 0 Å². The van der Waals surface area contributed by atoms with Gasteiger partial charge < -0.3 is 9.47 Å². The first-order valence-corrected chi connectivity index (χ1v) is 31.0. The monoisotopic (exact) mass is 1120 g/mol. The molecular formula is C84H82N2. The number of rotatable bonds is 8. The summed E-state index contributed by atoms with van der Waals surface area (Å²) in [6, 6.07) is 80.0. The number of para-hydroxylation sites is 1. The van der Waals surface area contributed by atoms with Crippen molar-refractivity contribution in [2.75, 3.05) is 4.90 Å². The zero-order valence-corrected chi connectivity index (χ0v) is 53.5. The van der Waals surface area contributed by atoms with E-state index in [1.165, 1.54) is 149 Å². The quantitative estimate of drug-likeness (QED) is 0.138. The second-order valence-corrected chi connectivity index (χ2v) is 29.1. The van der Waals surface area contributed by atoms with Crippen LogP contribution < -0.4 is 4.90 Å². The van der Waals surface area contributed by atoms with Gasteiger partial charge in [0.15, 0.2) is 0 Å². The Morgan fingerprint density at radius 2 is 0.709 bits per heavy atom. The number of hydrogen-bond acceptors (Lipinski definition) is 1. The van der Waals surface area contributed by atoms with Crippen molar-refractivity contribution in [2.24, 2.45) is 0 Å². The fourth-order valence-corrected chi connectivity index (χ4v) is 13.6. The van der Waals surface area contributed by atoms with E-state index in [1.807, 2.05) is 0 Å². The molecule has 428 valence electrons. The van der Waals surface area contributed by atoms with Crippen molar-refractivity contribution in [3.05, 3.63) is 251 Å². The van der Waals surface area contributed by atoms with Crippen LogP contribution in [0.3, 0.4) is 0 Å². The van der Waals surface area contributed by atoms with E-state index in [-0.39, 0.29) is 21.7 Å². The normalized spacial score (nSPS) is 12.7. The standard InChI is InChI=1S/C84H82N2/c1-51-40-52(2)43-61(42-51)68-18-17-19-69(62-44-53(3)41-54(4)45-62)80(68)85(67-32-24-56(25-33-67)55-20-22-57(23-21-55)60-46-65(83(11,12)13)48-66(47-60)84(14,15)16)74-36-28-58-27-35-71-75(37-29-59-26-34-70(74)78(58)79(59)71)86-76-38-30-63(81(5,6)7)49-72(76)73-50-64(82(8,9)10)31-39-77(73)86/h17-50H,1-16H3. The fourth-order valence-electron chi connectivity index (χ4n) is 13.6. The maximum absolute atomic E-state index is 2.58. The highest BCUT2D eigenvalue weighted by molar-refractivity contribution is 6.28. The lowest BCUT2D eigenvalue weighted by atomic mass is 9.79. The number of anilines is 3. The minimum atomic E-state index is 0.00761. The van der Waals surface area contributed by atoms with Crippen LogP contribution in [0.1, 0.15) is 128 Å². The minimum Gasteiger partial charge on any atom is -0.309 e. The van der Waals surface area contributed by atoms with E-state index in [1.54, 1.807) is 0 Å². The van der Waals surface area contributed by atoms with Crippen molar-refractivity contribution >= 4 is 71.2 Å². The summed E-state index contributed by atoms with van der Waals surface area (Å²) in [6.07, 6.45) is 0. The summed E-state index contributed by atoms with van der Waals surface area (Å²) in [5.74, 6) is 0. The molecule has 0 aliphatic heterocycles. The molecule has 0 unspecified atom stereocenters. The SMILES string of the molecule is Cc1cc(C)cc(-c2cccc(-c3cc(C)cc(C)c3)c2N(c2ccc(-c3ccc(-c4cc(C(C)(C)C)cc(C(C)(C)C)c4)cc3)cc2)c2ccc3ccc4c(-n5c6ccc(C(C)(C)C)cc6c6cc(C(C)(C)C)ccc65)ccc5ccc2c3c54)c1. The summed E-state index contributed by atoms with van der Waals surface area (Å²) < 4.78 is 2.54. The predicted octanol–water partition coefficient (Wildman–Crippen LogP) is 24.2. The summed E-state index contributed by atoms with van der Waals surface area (Å²) in [5.41, 5.74) is 27.1. The summed E-state index contributed by atoms with van der Waals surface area (Å²) in [6.45, 7) is 36.7. The zero-order valence-electron chi connectivity index (χ0n) is 53.5. The summed E-state index contributed by atoms with van der Waals surface area (Å²) >= 11 is 0. The number of hydrogen-bond donors (Lipinski definition) is 0. The average Bonchev–Trinajstić information content (AvgIpc) is 1.36. The van der Waals surface area contributed by atoms with Gasteiger partial charge in [-0.15, -0.1) is 0 Å². The summed E-state index contributed by atoms with van der Waals surface area (Å²) in [4.78, 5) is 2.58. The molecule has 1 heterocycles. The first-order valence-electron chi connectivity index (χ1n) is 31.0. The number of nitrogens with zero attached hydrogens (tertiary/aromatic N) is 2. The van der Waals surface area contributed by atoms with Gasteiger partial charge in [-0.05, 0) is 175 Å². The smallest absolute Gasteiger partial charge is 0.0618 e. The molecule has 0 radical (unpaired) electrons. The van der Waals surface area contributed by atoms with Gasteiger partial charge in [-0.25, -0.2) is 0 Å². The van der Waals surface area contributed by atoms with Crippen LogP contribution in [-0.4, -0.2) is 4.57 Å². The highest BCUT2D eigenvalue weighted by Crippen LogP contribution is 2.52. The van der Waals surface area contributed by atoms with E-state index >= 15 is 0 Å². The molecule has 0 bridgehead atoms. The van der Waals surface area contributed by atoms with Crippen LogP contribution in [0.15, 0.2) is 206 Å². The van der Waals surface area contributed by atoms with Gasteiger partial charge in [0.2, 0.25) is 0 Å². The van der Waals surface area contributed by atoms with Gasteiger partial charge in [-0.2, -0.15) is 0 Å². The third-order valence-electron chi connectivity index (χ3n) is 18.3. The first-order chi connectivity index (χ1) is 40.8. The molecule has 13 aromatic rings. The average molecular weight is 1120 g/mol. The Labute approximate surface area is 511 Å². The Morgan fingerprint density at radius 1 is 0.302 bits per heavy atom. The molecule has 86 heavy (non-hydrogen) atoms. The molecule has 0 fully saturated rings. The number of aromatic nitrogens is 1. The minimum absolute atomic E-state index is 0.00761. The van der Waals surface area contributed by atoms with Gasteiger partial charge >= 0.3 is 0 Å². The summed E-state index contributed by atoms with van der Waals surface area (Å²) in [5, 5.41) is 10.0. The molecule has 1 aromatic heterocycles. The fraction of sp³-hybridized carbons (Fsp3) is 0.238. The Balaban J connectivity index is 1.04. The van der Waals surface area contributed by atoms with E-state index < -0.39 is 0 Å². The van der Waals surface area contributed by atoms with Crippen LogP contribution in [0.5, 0.6) is 0 Å². The third kappa shape index (κ3) is 10.1. The van der Waals surface area contributed by atoms with Gasteiger partial charge in [-0.3, -0.25) is 0 Å². The maximum Gasteiger partial charge on any atom is 0.0618 e. The zero-order chi connectivity index (χ0) is 60.5. The van der Waals surface area contributed by atoms with Crippen LogP contribution >= 0.6 is 0 Å². The van der Waals surface area contributed by atoms with Crippen molar-refractivity contribution in [2.45, 2.75) is 132 Å². The van der Waals surface area contributed by atoms with Crippen LogP contribution in [0, 0.1) is 27.7 Å². The largest absolute Gasteiger partial charge is 0.309 e. The Kier molecular flexibility index (Phi) is 13.4. The van der Waals surface area contributed by atoms with Crippen molar-refractivity contribution in [1.82, 2.24) is 4.57 Å². The Morgan fingerprint density at radius 3 is 1.17 bits per heavy atom. The molecule has 0 spiro atoms. The topological polar surface area (TPSA) is 8.17 Å². The first kappa shape index (κ1) is 56.4. The molecule has 12 aromatic carbocycles. The van der Waals surface area contributed by atoms with Crippen molar-refractivity contribution < 1.29 is 0 Å². The Hall–Kier alpha value is -8.72. The molecule has 13 rings (SSSR count). The van der Waals surface area contributed by atoms with Gasteiger partial charge in [-0.1, -0.05) is 263 Å². The lowest BCUT2D eigenvalue weighted by molar-refractivity contribution is 0.569. The van der Waals surface area contributed by atoms with Gasteiger partial charge in [0.1, 0.15) is 0 Å². The van der Waals surface area contributed by atoms with E-state index in [0.29, 0.717) is 0 Å². The van der Waals surface area contributed by atoms with Gasteiger partial charge in [0.05, 0.1) is 28.1 Å². The summed E-state index contributed by atoms with van der Waals surface area (Å²) in [7, 11) is 0. The second kappa shape index (κ2) is 20.5. The van der Waals surface area contributed by atoms with Crippen LogP contribution in [-0.2, 0) is 21.7 Å². The highest BCUT2D eigenvalue weighted by Gasteiger charge is 2.28. The van der Waals surface area contributed by atoms with Gasteiger partial charge in [0.25, 0.3) is 0 Å². The maximum atomic E-state index is 2.58. The molecular weight excluding hydrogens is 1040 g/mol. The molecule has 2 heteroatoms. The number of benzene rings is 12. The highest BCUT2D eigenvalue weighted by atomic mass is 15.1. The molecule has 0 amide bonds. The van der Waals surface area contributed by atoms with Gasteiger partial charge in [0, 0.05) is 38.4 Å². The van der Waals surface area contributed by atoms with E-state index in [4.69, 9.17) is 0 Å². The van der Waals surface area contributed by atoms with Crippen molar-refractivity contribution in [3.63, 3.8) is 0 Å². The molecule has 0 atom stereocenters. The third-order valence-corrected chi connectivity index (χ3v) is 18.3. The van der Waals surface area contributed by atoms with E-state index in [2.05, 4.69) is 327 Å². The lowest BCUT2D eigenvalue weighted by Gasteiger charge is -2.32. The number of aryl methyl sites for hydroxylation is 4. The second-order valence-electron chi connectivity index (χ2n) is 29.1. The van der Waals surface area contributed by atoms with Crippen LogP contribution in [0.25, 0.3) is 104 Å². The Bertz CT molecular complexity index is 4590. The molecule has 0 N–H and O–H groups in total. The molecule has 0 saturated heterocycles. The van der Waals surface area contributed by atoms with E-state index in [0.717, 1.165) is 17.1 Å². The van der Waals surface area contributed by atoms with Crippen molar-refractivity contribution in [1.29, 1.82) is 0 Å². The molecule has 0 aliphatic rings. The molecule has 0 aliphatic carbocycles. The van der Waals surface area contributed by atoms with Crippen LogP contribution in [0.4, 0.5) is 17.1 Å². The predicted molar refractivity (Wildman–Crippen MR) is 375 cm³/mol. The number of fused-ring (bicyclic) bond motifs is 3. The molecule has 2 nitrogen and oxygen atoms in total. The van der Waals surface area contributed by atoms with E-state index in [9.17, 15) is 0 Å².